The van der Waals surface area contributed by atoms with Crippen LogP contribution in [-0.4, -0.2) is 114 Å². The minimum atomic E-state index is -4.35. The normalized spacial score (nSPS) is 15.8. The highest BCUT2D eigenvalue weighted by molar-refractivity contribution is 7.94. The number of nitrogens with one attached hydrogen (secondary N) is 1. The Morgan fingerprint density at radius 1 is 1.06 bits per heavy atom. The van der Waals surface area contributed by atoms with Gasteiger partial charge in [-0.15, -0.1) is 18.0 Å². The second-order valence-electron chi connectivity index (χ2n) is 16.3. The molecule has 3 aliphatic rings. The first kappa shape index (κ1) is 63.7. The number of carbonyl (C=O) groups excluding carboxylic acids is 4. The van der Waals surface area contributed by atoms with E-state index in [0.29, 0.717) is 53.8 Å². The van der Waals surface area contributed by atoms with Crippen LogP contribution in [0.1, 0.15) is 64.5 Å². The number of carboxylic acid groups (broad SMARTS) is 1. The number of halogens is 5. The van der Waals surface area contributed by atoms with Crippen molar-refractivity contribution in [1.29, 1.82) is 0 Å². The van der Waals surface area contributed by atoms with E-state index in [1.54, 1.807) is 16.7 Å². The van der Waals surface area contributed by atoms with Gasteiger partial charge in [0.15, 0.2) is 10.9 Å². The van der Waals surface area contributed by atoms with E-state index >= 15 is 0 Å². The second-order valence-corrected chi connectivity index (χ2v) is 22.1. The highest BCUT2D eigenvalue weighted by Crippen LogP contribution is 2.40. The number of para-hydroxylation sites is 3. The van der Waals surface area contributed by atoms with Gasteiger partial charge in [-0.05, 0) is 100 Å². The van der Waals surface area contributed by atoms with Crippen LogP contribution >= 0.6 is 54.0 Å². The molecule has 4 amide bonds. The fraction of sp³-hybridized carbons (Fsp3) is 0.449. The maximum Gasteiger partial charge on any atom is 0.317 e. The van der Waals surface area contributed by atoms with Crippen LogP contribution in [0.25, 0.3) is 0 Å². The molecule has 0 saturated heterocycles. The zero-order valence-electron chi connectivity index (χ0n) is 41.3. The Labute approximate surface area is 443 Å². The molecule has 0 saturated carbocycles. The third-order valence-corrected chi connectivity index (χ3v) is 11.6. The zero-order valence-corrected chi connectivity index (χ0v) is 46.1. The first-order valence-electron chi connectivity index (χ1n) is 22.4. The van der Waals surface area contributed by atoms with E-state index in [-0.39, 0.29) is 46.9 Å². The van der Waals surface area contributed by atoms with Crippen molar-refractivity contribution < 1.29 is 62.0 Å². The standard InChI is InChI=1S/C18H15ClFNO3.C14H20ClNO2.C11H11Cl2NO2.C3H8NO5P.C3H9S/c1-3-10(2)24-16-9-15(14(20)8-13(16)19)21-17(22)11-6-4-5-7-12(11)18(21)23;1-4-12-8-6-7-11(3)14(12)16(10-18-5-2)13(17)9-15;1-7-6-16-9-5-3-2-4-8(9)14(7)11(15)10(12)13;5-3(6)1-4-2-10(7,8)9;1-4(2)3/h1,8-10H,4-7H2,2H3;6-8H,4-5,9-10H2,1-3H3;2-5,7,10H,6H2,1H3;4H,1-2H2,(H,5,6)(H2,7,8,9);1-3H3/q;;;;+1/p-1. The van der Waals surface area contributed by atoms with E-state index in [9.17, 15) is 37.8 Å². The number of alkyl halides is 3. The number of benzene rings is 3. The van der Waals surface area contributed by atoms with Crippen LogP contribution in [0.3, 0.4) is 0 Å². The molecule has 3 atom stereocenters. The van der Waals surface area contributed by atoms with Gasteiger partial charge in [-0.3, -0.25) is 34.2 Å². The molecule has 6 rings (SSSR count). The summed E-state index contributed by atoms with van der Waals surface area (Å²) in [7, 11) is -3.71. The monoisotopic (exact) mass is 1120 g/mol. The van der Waals surface area contributed by atoms with Crippen LogP contribution in [-0.2, 0) is 50.6 Å². The predicted octanol–water partition coefficient (Wildman–Crippen LogP) is 8.01. The summed E-state index contributed by atoms with van der Waals surface area (Å²) in [5, 5.41) is 10.00. The molecule has 3 aromatic carbocycles. The number of carboxylic acids is 1. The van der Waals surface area contributed by atoms with Crippen molar-refractivity contribution in [2.45, 2.75) is 83.7 Å². The molecule has 2 heterocycles. The second kappa shape index (κ2) is 31.4. The lowest BCUT2D eigenvalue weighted by molar-refractivity contribution is -0.193. The smallest absolute Gasteiger partial charge is 0.317 e. The molecule has 3 N–H and O–H groups in total. The average molecular weight is 1120 g/mol. The number of fused-ring (bicyclic) bond motifs is 1. The van der Waals surface area contributed by atoms with Crippen LogP contribution in [0.5, 0.6) is 11.5 Å². The number of amides is 4. The molecule has 1 aliphatic carbocycles. The summed E-state index contributed by atoms with van der Waals surface area (Å²) in [5.74, 6) is -0.163. The zero-order chi connectivity index (χ0) is 54.5. The highest BCUT2D eigenvalue weighted by Gasteiger charge is 2.41. The third-order valence-electron chi connectivity index (χ3n) is 10.0. The maximum absolute atomic E-state index is 14.4. The SMILES string of the molecule is C#CC(C)Oc1cc(N2C(=O)C3=C(CCCC3)C2=O)c(F)cc1Cl.CC1COc2ccccc2N1C(=O)C(Cl)Cl.CCOCN(C(=O)CCl)c1c(C)cccc1CC.C[S+](C)C.O=C(O)CNCP(=O)([O-])O. The number of terminal acetylenes is 1. The summed E-state index contributed by atoms with van der Waals surface area (Å²) in [4.78, 5) is 79.7. The Balaban J connectivity index is 0.000000333. The lowest BCUT2D eigenvalue weighted by atomic mass is 9.93. The molecule has 396 valence electrons. The number of hydrogen-bond acceptors (Lipinski definition) is 11. The van der Waals surface area contributed by atoms with Crippen LogP contribution in [0.4, 0.5) is 21.5 Å². The van der Waals surface area contributed by atoms with E-state index in [4.69, 9.17) is 77.0 Å². The number of carbonyl (C=O) groups is 5. The molecule has 0 fully saturated rings. The van der Waals surface area contributed by atoms with Crippen molar-refractivity contribution >= 4 is 112 Å². The minimum absolute atomic E-state index is 0.0233. The van der Waals surface area contributed by atoms with E-state index < -0.39 is 55.0 Å². The number of rotatable bonds is 14. The van der Waals surface area contributed by atoms with Gasteiger partial charge in [0.05, 0.1) is 59.7 Å². The summed E-state index contributed by atoms with van der Waals surface area (Å²) >= 11 is 22.9. The van der Waals surface area contributed by atoms with Crippen LogP contribution in [0.15, 0.2) is 65.7 Å². The van der Waals surface area contributed by atoms with Gasteiger partial charge in [-0.25, -0.2) is 9.29 Å². The third kappa shape index (κ3) is 19.8. The molecule has 0 radical (unpaired) electrons. The summed E-state index contributed by atoms with van der Waals surface area (Å²) < 4.78 is 40.7. The number of ether oxygens (including phenoxy) is 3. The van der Waals surface area contributed by atoms with Crippen molar-refractivity contribution in [1.82, 2.24) is 5.32 Å². The molecule has 2 aliphatic heterocycles. The van der Waals surface area contributed by atoms with Crippen LogP contribution in [0, 0.1) is 25.1 Å². The molecule has 16 nitrogen and oxygen atoms in total. The molecule has 3 aromatic rings. The van der Waals surface area contributed by atoms with Gasteiger partial charge in [0.1, 0.15) is 44.1 Å². The topological polar surface area (TPSA) is 215 Å². The molecular weight excluding hydrogens is 1060 g/mol. The van der Waals surface area contributed by atoms with Crippen molar-refractivity contribution in [3.63, 3.8) is 0 Å². The Morgan fingerprint density at radius 3 is 2.17 bits per heavy atom. The molecule has 23 heteroatoms. The number of hydrogen-bond donors (Lipinski definition) is 3. The van der Waals surface area contributed by atoms with Crippen LogP contribution < -0.4 is 34.4 Å². The van der Waals surface area contributed by atoms with Gasteiger partial charge in [0.2, 0.25) is 5.91 Å². The van der Waals surface area contributed by atoms with Crippen molar-refractivity contribution in [3.8, 4) is 23.8 Å². The quantitative estimate of drug-likeness (QED) is 0.0349. The Kier molecular flexibility index (Phi) is 27.8. The molecule has 0 bridgehead atoms. The van der Waals surface area contributed by atoms with Gasteiger partial charge in [0, 0.05) is 23.8 Å². The molecule has 0 spiro atoms. The van der Waals surface area contributed by atoms with Gasteiger partial charge in [-0.2, -0.15) is 0 Å². The van der Waals surface area contributed by atoms with E-state index in [0.717, 1.165) is 52.7 Å². The Morgan fingerprint density at radius 2 is 1.65 bits per heavy atom. The van der Waals surface area contributed by atoms with Gasteiger partial charge >= 0.3 is 5.97 Å². The number of imide groups is 1. The van der Waals surface area contributed by atoms with Gasteiger partial charge < -0.3 is 38.6 Å². The number of aryl methyl sites for hydroxylation is 2. The first-order valence-corrected chi connectivity index (χ1v) is 28.4. The largest absolute Gasteiger partial charge is 0.778 e. The van der Waals surface area contributed by atoms with Crippen molar-refractivity contribution in [2.75, 3.05) is 72.1 Å². The fourth-order valence-corrected chi connectivity index (χ4v) is 7.86. The number of nitrogens with zero attached hydrogens (tertiary/aromatic N) is 3. The van der Waals surface area contributed by atoms with E-state index in [1.807, 2.05) is 68.6 Å². The average Bonchev–Trinajstić information content (AvgIpc) is 3.57. The van der Waals surface area contributed by atoms with Crippen molar-refractivity contribution in [2.24, 2.45) is 0 Å². The van der Waals surface area contributed by atoms with Gasteiger partial charge in [0.25, 0.3) is 17.7 Å². The lowest BCUT2D eigenvalue weighted by Gasteiger charge is -2.35. The highest BCUT2D eigenvalue weighted by atomic mass is 35.5. The summed E-state index contributed by atoms with van der Waals surface area (Å²) in [6.45, 7) is 10.3. The minimum Gasteiger partial charge on any atom is -0.778 e. The predicted molar refractivity (Wildman–Crippen MR) is 283 cm³/mol. The van der Waals surface area contributed by atoms with E-state index in [1.165, 1.54) is 6.07 Å². The van der Waals surface area contributed by atoms with E-state index in [2.05, 4.69) is 31.6 Å². The molecule has 72 heavy (non-hydrogen) atoms. The first-order chi connectivity index (χ1) is 33.8. The maximum atomic E-state index is 14.4. The summed E-state index contributed by atoms with van der Waals surface area (Å²) in [6, 6.07) is 15.6. The number of aliphatic carboxylic acids is 1. The van der Waals surface area contributed by atoms with Gasteiger partial charge in [-0.1, -0.05) is 78.0 Å². The fourth-order valence-electron chi connectivity index (χ4n) is 6.92. The summed E-state index contributed by atoms with van der Waals surface area (Å²) in [6.07, 6.45) is 14.2. The molecule has 0 aromatic heterocycles. The Hall–Kier alpha value is -4.38. The lowest BCUT2D eigenvalue weighted by Crippen LogP contribution is -2.47. The molecule has 3 unspecified atom stereocenters. The Bertz CT molecular complexity index is 2440. The number of anilines is 3. The molecular formula is C49H62Cl4FN4O12PS. The van der Waals surface area contributed by atoms with Crippen molar-refractivity contribution in [3.05, 3.63) is 87.7 Å². The van der Waals surface area contributed by atoms with Crippen LogP contribution in [0.2, 0.25) is 5.02 Å². The summed E-state index contributed by atoms with van der Waals surface area (Å²) in [5.41, 5.74) is 4.65.